The first kappa shape index (κ1) is 14.1. The van der Waals surface area contributed by atoms with Crippen LogP contribution < -0.4 is 5.73 Å². The lowest BCUT2D eigenvalue weighted by molar-refractivity contribution is 0.184. The van der Waals surface area contributed by atoms with Crippen molar-refractivity contribution in [1.29, 1.82) is 0 Å². The molecule has 2 aliphatic carbocycles. The third-order valence-corrected chi connectivity index (χ3v) is 4.84. The fraction of sp³-hybridized carbons (Fsp3) is 0.667. The Balaban J connectivity index is 1.81. The quantitative estimate of drug-likeness (QED) is 0.824. The molecule has 2 nitrogen and oxygen atoms in total. The molecule has 2 fully saturated rings. The highest BCUT2D eigenvalue weighted by Gasteiger charge is 2.33. The predicted molar refractivity (Wildman–Crippen MR) is 84.7 cm³/mol. The second-order valence-electron chi connectivity index (χ2n) is 6.95. The molecule has 1 aromatic carbocycles. The summed E-state index contributed by atoms with van der Waals surface area (Å²) in [5.41, 5.74) is 10.4. The largest absolute Gasteiger partial charge is 0.329 e. The lowest BCUT2D eigenvalue weighted by atomic mass is 9.97. The van der Waals surface area contributed by atoms with Crippen molar-refractivity contribution < 1.29 is 0 Å². The summed E-state index contributed by atoms with van der Waals surface area (Å²) in [5.74, 6) is 1.88. The van der Waals surface area contributed by atoms with Gasteiger partial charge >= 0.3 is 0 Å². The molecule has 3 rings (SSSR count). The topological polar surface area (TPSA) is 29.3 Å². The first-order valence-electron chi connectivity index (χ1n) is 8.18. The molecule has 0 spiro atoms. The van der Waals surface area contributed by atoms with E-state index in [1.54, 1.807) is 0 Å². The van der Waals surface area contributed by atoms with E-state index in [9.17, 15) is 0 Å². The molecule has 20 heavy (non-hydrogen) atoms. The number of rotatable bonds is 7. The second kappa shape index (κ2) is 5.87. The molecular weight excluding hydrogens is 244 g/mol. The molecule has 2 saturated carbocycles. The minimum atomic E-state index is 0.413. The molecule has 0 bridgehead atoms. The average Bonchev–Trinajstić information content (AvgIpc) is 3.30. The van der Waals surface area contributed by atoms with Gasteiger partial charge < -0.3 is 5.73 Å². The summed E-state index contributed by atoms with van der Waals surface area (Å²) in [6, 6.07) is 7.22. The van der Waals surface area contributed by atoms with Crippen LogP contribution in [0.25, 0.3) is 0 Å². The molecular formula is C18H28N2. The molecule has 2 N–H and O–H groups in total. The first-order chi connectivity index (χ1) is 9.67. The van der Waals surface area contributed by atoms with E-state index in [0.29, 0.717) is 6.04 Å². The SMILES string of the molecule is Cc1ccc(C)c(C(CN)N(CC2CC2)CC2CC2)c1. The van der Waals surface area contributed by atoms with Gasteiger partial charge in [0.15, 0.2) is 0 Å². The Kier molecular flexibility index (Phi) is 4.13. The molecule has 2 heteroatoms. The number of nitrogens with two attached hydrogens (primary N) is 1. The van der Waals surface area contributed by atoms with E-state index in [-0.39, 0.29) is 0 Å². The third-order valence-electron chi connectivity index (χ3n) is 4.84. The smallest absolute Gasteiger partial charge is 0.0473 e. The zero-order chi connectivity index (χ0) is 14.1. The van der Waals surface area contributed by atoms with Gasteiger partial charge in [-0.1, -0.05) is 23.8 Å². The highest BCUT2D eigenvalue weighted by molar-refractivity contribution is 5.33. The molecule has 1 unspecified atom stereocenters. The van der Waals surface area contributed by atoms with Gasteiger partial charge in [0, 0.05) is 25.7 Å². The highest BCUT2D eigenvalue weighted by Crippen LogP contribution is 2.37. The minimum absolute atomic E-state index is 0.413. The van der Waals surface area contributed by atoms with E-state index in [1.165, 1.54) is 55.5 Å². The van der Waals surface area contributed by atoms with Crippen LogP contribution in [0, 0.1) is 25.7 Å². The molecule has 110 valence electrons. The number of benzene rings is 1. The Morgan fingerprint density at radius 1 is 1.10 bits per heavy atom. The Bertz CT molecular complexity index is 446. The van der Waals surface area contributed by atoms with Gasteiger partial charge in [0.05, 0.1) is 0 Å². The molecule has 0 amide bonds. The van der Waals surface area contributed by atoms with Crippen molar-refractivity contribution >= 4 is 0 Å². The summed E-state index contributed by atoms with van der Waals surface area (Å²) < 4.78 is 0. The first-order valence-corrected chi connectivity index (χ1v) is 8.18. The fourth-order valence-electron chi connectivity index (χ4n) is 3.18. The maximum absolute atomic E-state index is 6.18. The van der Waals surface area contributed by atoms with Gasteiger partial charge in [-0.3, -0.25) is 4.90 Å². The van der Waals surface area contributed by atoms with Crippen molar-refractivity contribution in [3.8, 4) is 0 Å². The summed E-state index contributed by atoms with van der Waals surface area (Å²) in [4.78, 5) is 2.69. The molecule has 0 saturated heterocycles. The van der Waals surface area contributed by atoms with E-state index < -0.39 is 0 Å². The van der Waals surface area contributed by atoms with Gasteiger partial charge in [-0.05, 0) is 62.5 Å². The summed E-state index contributed by atoms with van der Waals surface area (Å²) in [5, 5.41) is 0. The van der Waals surface area contributed by atoms with Gasteiger partial charge in [0.25, 0.3) is 0 Å². The Morgan fingerprint density at radius 2 is 1.70 bits per heavy atom. The van der Waals surface area contributed by atoms with E-state index in [2.05, 4.69) is 36.9 Å². The number of hydrogen-bond acceptors (Lipinski definition) is 2. The lowest BCUT2D eigenvalue weighted by Crippen LogP contribution is -2.37. The Hall–Kier alpha value is -0.860. The maximum atomic E-state index is 6.18. The van der Waals surface area contributed by atoms with Crippen molar-refractivity contribution in [1.82, 2.24) is 4.90 Å². The van der Waals surface area contributed by atoms with Crippen LogP contribution in [-0.4, -0.2) is 24.5 Å². The number of nitrogens with zero attached hydrogens (tertiary/aromatic N) is 1. The molecule has 0 heterocycles. The standard InChI is InChI=1S/C18H28N2/c1-13-3-4-14(2)17(9-13)18(10-19)20(11-15-5-6-15)12-16-7-8-16/h3-4,9,15-16,18H,5-8,10-12,19H2,1-2H3. The zero-order valence-corrected chi connectivity index (χ0v) is 12.9. The number of aryl methyl sites for hydroxylation is 2. The summed E-state index contributed by atoms with van der Waals surface area (Å²) in [6.07, 6.45) is 5.69. The summed E-state index contributed by atoms with van der Waals surface area (Å²) in [6.45, 7) is 7.66. The average molecular weight is 272 g/mol. The Labute approximate surface area is 123 Å². The predicted octanol–water partition coefficient (Wildman–Crippen LogP) is 3.43. The molecule has 1 aromatic rings. The van der Waals surface area contributed by atoms with Crippen molar-refractivity contribution in [3.05, 3.63) is 34.9 Å². The third kappa shape index (κ3) is 3.42. The van der Waals surface area contributed by atoms with E-state index in [0.717, 1.165) is 18.4 Å². The fourth-order valence-corrected chi connectivity index (χ4v) is 3.18. The van der Waals surface area contributed by atoms with Crippen molar-refractivity contribution in [2.45, 2.75) is 45.6 Å². The van der Waals surface area contributed by atoms with Crippen LogP contribution in [-0.2, 0) is 0 Å². The van der Waals surface area contributed by atoms with Crippen LogP contribution in [0.15, 0.2) is 18.2 Å². The van der Waals surface area contributed by atoms with Gasteiger partial charge in [-0.15, -0.1) is 0 Å². The monoisotopic (exact) mass is 272 g/mol. The van der Waals surface area contributed by atoms with Gasteiger partial charge in [0.1, 0.15) is 0 Å². The normalized spacial score (nSPS) is 20.4. The maximum Gasteiger partial charge on any atom is 0.0473 e. The van der Waals surface area contributed by atoms with Crippen molar-refractivity contribution in [2.24, 2.45) is 17.6 Å². The molecule has 0 aliphatic heterocycles. The van der Waals surface area contributed by atoms with Crippen LogP contribution >= 0.6 is 0 Å². The van der Waals surface area contributed by atoms with Crippen LogP contribution in [0.5, 0.6) is 0 Å². The van der Waals surface area contributed by atoms with Crippen LogP contribution in [0.2, 0.25) is 0 Å². The van der Waals surface area contributed by atoms with Gasteiger partial charge in [0.2, 0.25) is 0 Å². The van der Waals surface area contributed by atoms with E-state index >= 15 is 0 Å². The van der Waals surface area contributed by atoms with E-state index in [1.807, 2.05) is 0 Å². The molecule has 1 atom stereocenters. The minimum Gasteiger partial charge on any atom is -0.329 e. The van der Waals surface area contributed by atoms with Gasteiger partial charge in [-0.2, -0.15) is 0 Å². The summed E-state index contributed by atoms with van der Waals surface area (Å²) >= 11 is 0. The second-order valence-corrected chi connectivity index (χ2v) is 6.95. The number of hydrogen-bond donors (Lipinski definition) is 1. The lowest BCUT2D eigenvalue weighted by Gasteiger charge is -2.32. The molecule has 0 aromatic heterocycles. The Morgan fingerprint density at radius 3 is 2.20 bits per heavy atom. The highest BCUT2D eigenvalue weighted by atomic mass is 15.2. The van der Waals surface area contributed by atoms with Crippen LogP contribution in [0.1, 0.15) is 48.4 Å². The van der Waals surface area contributed by atoms with Crippen molar-refractivity contribution in [2.75, 3.05) is 19.6 Å². The van der Waals surface area contributed by atoms with Crippen LogP contribution in [0.4, 0.5) is 0 Å². The van der Waals surface area contributed by atoms with Crippen molar-refractivity contribution in [3.63, 3.8) is 0 Å². The zero-order valence-electron chi connectivity index (χ0n) is 12.9. The van der Waals surface area contributed by atoms with E-state index in [4.69, 9.17) is 5.73 Å². The van der Waals surface area contributed by atoms with Gasteiger partial charge in [-0.25, -0.2) is 0 Å². The van der Waals surface area contributed by atoms with Crippen LogP contribution in [0.3, 0.4) is 0 Å². The molecule has 2 aliphatic rings. The molecule has 0 radical (unpaired) electrons. The summed E-state index contributed by atoms with van der Waals surface area (Å²) in [7, 11) is 0.